The lowest BCUT2D eigenvalue weighted by molar-refractivity contribution is 0.0816. The fraction of sp³-hybridized carbons (Fsp3) is 0.647. The fourth-order valence-electron chi connectivity index (χ4n) is 2.74. The lowest BCUT2D eigenvalue weighted by atomic mass is 10.1. The predicted octanol–water partition coefficient (Wildman–Crippen LogP) is 3.33. The molecule has 1 aliphatic carbocycles. The Balaban J connectivity index is 1.87. The van der Waals surface area contributed by atoms with Crippen LogP contribution in [0.1, 0.15) is 44.4 Å². The van der Waals surface area contributed by atoms with Crippen LogP contribution in [0.3, 0.4) is 0 Å². The molecular weight excluding hydrogens is 250 g/mol. The summed E-state index contributed by atoms with van der Waals surface area (Å²) in [4.78, 5) is 0. The number of fused-ring (bicyclic) bond motifs is 1. The fourth-order valence-corrected chi connectivity index (χ4v) is 2.74. The molecule has 0 bridgehead atoms. The van der Waals surface area contributed by atoms with E-state index in [9.17, 15) is 0 Å². The van der Waals surface area contributed by atoms with Crippen LogP contribution in [0.2, 0.25) is 0 Å². The van der Waals surface area contributed by atoms with Gasteiger partial charge in [-0.2, -0.15) is 0 Å². The average Bonchev–Trinajstić information content (AvgIpc) is 2.83. The molecule has 0 fully saturated rings. The highest BCUT2D eigenvalue weighted by Crippen LogP contribution is 2.36. The van der Waals surface area contributed by atoms with Crippen molar-refractivity contribution in [2.45, 2.75) is 39.7 Å². The van der Waals surface area contributed by atoms with E-state index in [0.29, 0.717) is 25.2 Å². The molecule has 0 spiro atoms. The maximum Gasteiger partial charge on any atom is 0.122 e. The zero-order chi connectivity index (χ0) is 14.4. The van der Waals surface area contributed by atoms with Crippen LogP contribution in [0.25, 0.3) is 0 Å². The normalized spacial score (nSPS) is 17.5. The zero-order valence-electron chi connectivity index (χ0n) is 12.9. The second kappa shape index (κ2) is 7.65. The van der Waals surface area contributed by atoms with Crippen LogP contribution in [-0.2, 0) is 11.2 Å². The van der Waals surface area contributed by atoms with Gasteiger partial charge >= 0.3 is 0 Å². The van der Waals surface area contributed by atoms with Gasteiger partial charge in [-0.25, -0.2) is 0 Å². The van der Waals surface area contributed by atoms with Crippen LogP contribution in [0.5, 0.6) is 5.75 Å². The molecule has 1 unspecified atom stereocenters. The SMILES string of the molecule is CCNC1CCc2c(OCCOCC(C)C)cccc21. The first kappa shape index (κ1) is 15.3. The lowest BCUT2D eigenvalue weighted by Gasteiger charge is -2.14. The summed E-state index contributed by atoms with van der Waals surface area (Å²) in [5.74, 6) is 1.62. The molecule has 20 heavy (non-hydrogen) atoms. The molecule has 1 aromatic carbocycles. The molecular formula is C17H27NO2. The summed E-state index contributed by atoms with van der Waals surface area (Å²) in [5.41, 5.74) is 2.79. The van der Waals surface area contributed by atoms with Crippen molar-refractivity contribution < 1.29 is 9.47 Å². The van der Waals surface area contributed by atoms with Gasteiger partial charge in [-0.1, -0.05) is 32.9 Å². The predicted molar refractivity (Wildman–Crippen MR) is 82.3 cm³/mol. The molecule has 0 saturated heterocycles. The highest BCUT2D eigenvalue weighted by atomic mass is 16.5. The molecule has 0 amide bonds. The van der Waals surface area contributed by atoms with E-state index < -0.39 is 0 Å². The van der Waals surface area contributed by atoms with Gasteiger partial charge in [0.25, 0.3) is 0 Å². The standard InChI is InChI=1S/C17H27NO2/c1-4-18-16-9-8-15-14(16)6-5-7-17(15)20-11-10-19-12-13(2)3/h5-7,13,16,18H,4,8-12H2,1-3H3. The molecule has 0 aliphatic heterocycles. The van der Waals surface area contributed by atoms with E-state index >= 15 is 0 Å². The Kier molecular flexibility index (Phi) is 5.86. The van der Waals surface area contributed by atoms with E-state index in [2.05, 4.69) is 44.3 Å². The highest BCUT2D eigenvalue weighted by molar-refractivity contribution is 5.45. The number of benzene rings is 1. The van der Waals surface area contributed by atoms with E-state index in [1.54, 1.807) is 0 Å². The largest absolute Gasteiger partial charge is 0.491 e. The lowest BCUT2D eigenvalue weighted by Crippen LogP contribution is -2.18. The number of ether oxygens (including phenoxy) is 2. The van der Waals surface area contributed by atoms with Crippen molar-refractivity contribution in [1.29, 1.82) is 0 Å². The smallest absolute Gasteiger partial charge is 0.122 e. The molecule has 1 aromatic rings. The molecule has 3 heteroatoms. The van der Waals surface area contributed by atoms with Gasteiger partial charge in [0, 0.05) is 12.6 Å². The third-order valence-corrected chi connectivity index (χ3v) is 3.61. The maximum atomic E-state index is 5.90. The van der Waals surface area contributed by atoms with Gasteiger partial charge in [-0.05, 0) is 42.5 Å². The topological polar surface area (TPSA) is 30.5 Å². The molecule has 1 aliphatic rings. The molecule has 1 N–H and O–H groups in total. The Bertz CT molecular complexity index is 417. The molecule has 3 nitrogen and oxygen atoms in total. The second-order valence-electron chi connectivity index (χ2n) is 5.79. The Morgan fingerprint density at radius 1 is 1.30 bits per heavy atom. The van der Waals surface area contributed by atoms with E-state index in [4.69, 9.17) is 9.47 Å². The van der Waals surface area contributed by atoms with Gasteiger partial charge in [0.2, 0.25) is 0 Å². The summed E-state index contributed by atoms with van der Waals surface area (Å²) in [5, 5.41) is 3.54. The van der Waals surface area contributed by atoms with Gasteiger partial charge in [-0.3, -0.25) is 0 Å². The molecule has 0 radical (unpaired) electrons. The maximum absolute atomic E-state index is 5.90. The van der Waals surface area contributed by atoms with Crippen molar-refractivity contribution in [2.75, 3.05) is 26.4 Å². The van der Waals surface area contributed by atoms with Gasteiger partial charge in [0.15, 0.2) is 0 Å². The first-order valence-electron chi connectivity index (χ1n) is 7.78. The van der Waals surface area contributed by atoms with Crippen LogP contribution >= 0.6 is 0 Å². The zero-order valence-corrected chi connectivity index (χ0v) is 12.9. The minimum Gasteiger partial charge on any atom is -0.491 e. The van der Waals surface area contributed by atoms with Crippen molar-refractivity contribution in [3.05, 3.63) is 29.3 Å². The second-order valence-corrected chi connectivity index (χ2v) is 5.79. The van der Waals surface area contributed by atoms with Gasteiger partial charge in [0.05, 0.1) is 6.61 Å². The molecule has 0 heterocycles. The van der Waals surface area contributed by atoms with E-state index in [0.717, 1.165) is 25.3 Å². The van der Waals surface area contributed by atoms with Crippen LogP contribution < -0.4 is 10.1 Å². The highest BCUT2D eigenvalue weighted by Gasteiger charge is 2.24. The monoisotopic (exact) mass is 277 g/mol. The Labute approximate surface area is 122 Å². The summed E-state index contributed by atoms with van der Waals surface area (Å²) >= 11 is 0. The molecule has 0 aromatic heterocycles. The quantitative estimate of drug-likeness (QED) is 0.739. The van der Waals surface area contributed by atoms with Crippen molar-refractivity contribution in [3.63, 3.8) is 0 Å². The van der Waals surface area contributed by atoms with E-state index in [-0.39, 0.29) is 0 Å². The summed E-state index contributed by atoms with van der Waals surface area (Å²) in [6.45, 7) is 9.59. The average molecular weight is 277 g/mol. The Morgan fingerprint density at radius 3 is 2.90 bits per heavy atom. The van der Waals surface area contributed by atoms with Gasteiger partial charge in [0.1, 0.15) is 12.4 Å². The number of hydrogen-bond donors (Lipinski definition) is 1. The van der Waals surface area contributed by atoms with Crippen molar-refractivity contribution in [2.24, 2.45) is 5.92 Å². The first-order chi connectivity index (χ1) is 9.72. The number of nitrogens with one attached hydrogen (secondary N) is 1. The van der Waals surface area contributed by atoms with Crippen LogP contribution in [0, 0.1) is 5.92 Å². The number of rotatable bonds is 8. The molecule has 1 atom stereocenters. The van der Waals surface area contributed by atoms with Crippen LogP contribution in [-0.4, -0.2) is 26.4 Å². The number of hydrogen-bond acceptors (Lipinski definition) is 3. The van der Waals surface area contributed by atoms with Crippen molar-refractivity contribution >= 4 is 0 Å². The summed E-state index contributed by atoms with van der Waals surface area (Å²) in [7, 11) is 0. The van der Waals surface area contributed by atoms with Crippen molar-refractivity contribution in [3.8, 4) is 5.75 Å². The minimum absolute atomic E-state index is 0.496. The first-order valence-corrected chi connectivity index (χ1v) is 7.78. The summed E-state index contributed by atoms with van der Waals surface area (Å²) < 4.78 is 11.5. The van der Waals surface area contributed by atoms with Gasteiger partial charge in [-0.15, -0.1) is 0 Å². The summed E-state index contributed by atoms with van der Waals surface area (Å²) in [6, 6.07) is 6.89. The van der Waals surface area contributed by atoms with Crippen molar-refractivity contribution in [1.82, 2.24) is 5.32 Å². The summed E-state index contributed by atoms with van der Waals surface area (Å²) in [6.07, 6.45) is 2.28. The Morgan fingerprint density at radius 2 is 2.15 bits per heavy atom. The molecule has 2 rings (SSSR count). The van der Waals surface area contributed by atoms with E-state index in [1.807, 2.05) is 0 Å². The van der Waals surface area contributed by atoms with E-state index in [1.165, 1.54) is 17.5 Å². The third kappa shape index (κ3) is 3.97. The minimum atomic E-state index is 0.496. The van der Waals surface area contributed by atoms with Crippen LogP contribution in [0.15, 0.2) is 18.2 Å². The molecule has 0 saturated carbocycles. The molecule has 112 valence electrons. The van der Waals surface area contributed by atoms with Gasteiger partial charge < -0.3 is 14.8 Å². The van der Waals surface area contributed by atoms with Crippen LogP contribution in [0.4, 0.5) is 0 Å². The Hall–Kier alpha value is -1.06. The third-order valence-electron chi connectivity index (χ3n) is 3.61.